The van der Waals surface area contributed by atoms with Crippen molar-refractivity contribution in [1.29, 1.82) is 0 Å². The van der Waals surface area contributed by atoms with E-state index in [2.05, 4.69) is 0 Å². The predicted octanol–water partition coefficient (Wildman–Crippen LogP) is 6.41. The van der Waals surface area contributed by atoms with E-state index in [1.54, 1.807) is 24.3 Å². The minimum atomic E-state index is -5.71. The molecular formula is C21H26F3IO3S. The molecule has 0 saturated heterocycles. The van der Waals surface area contributed by atoms with Gasteiger partial charge in [0, 0.05) is 0 Å². The second-order valence-electron chi connectivity index (χ2n) is 7.59. The molecule has 0 saturated carbocycles. The van der Waals surface area contributed by atoms with Gasteiger partial charge in [0.1, 0.15) is 0 Å². The Morgan fingerprint density at radius 1 is 0.828 bits per heavy atom. The monoisotopic (exact) mass is 542 g/mol. The molecule has 2 rings (SSSR count). The molecule has 0 unspecified atom stereocenters. The molecule has 2 aromatic rings. The van der Waals surface area contributed by atoms with Gasteiger partial charge in [-0.05, 0) is 0 Å². The van der Waals surface area contributed by atoms with Crippen LogP contribution in [0.15, 0.2) is 48.5 Å². The van der Waals surface area contributed by atoms with Gasteiger partial charge in [-0.25, -0.2) is 0 Å². The predicted molar refractivity (Wildman–Crippen MR) is 117 cm³/mol. The summed E-state index contributed by atoms with van der Waals surface area (Å²) in [5.74, 6) is 0.526. The third-order valence-corrected chi connectivity index (χ3v) is 11.5. The second-order valence-corrected chi connectivity index (χ2v) is 13.9. The zero-order chi connectivity index (χ0) is 21.8. The first-order chi connectivity index (χ1) is 13.4. The molecule has 0 atom stereocenters. The van der Waals surface area contributed by atoms with Crippen LogP contribution in [0.3, 0.4) is 0 Å². The zero-order valence-corrected chi connectivity index (χ0v) is 19.8. The molecule has 0 heterocycles. The maximum absolute atomic E-state index is 13.2. The van der Waals surface area contributed by atoms with Crippen molar-refractivity contribution >= 4 is 30.4 Å². The minimum absolute atomic E-state index is 0.263. The number of alkyl halides is 3. The summed E-state index contributed by atoms with van der Waals surface area (Å²) in [5.41, 5.74) is -3.78. The fourth-order valence-electron chi connectivity index (χ4n) is 2.84. The summed E-state index contributed by atoms with van der Waals surface area (Å²) in [6, 6.07) is 14.2. The van der Waals surface area contributed by atoms with Crippen LogP contribution in [-0.4, -0.2) is 13.9 Å². The summed E-state index contributed by atoms with van der Waals surface area (Å²) >= 11 is -3.41. The Kier molecular flexibility index (Phi) is 8.15. The SMILES string of the molecule is CC(C)Cc1ccccc1I(OS(=O)(=O)C(F)(F)F)c1ccccc1CC(C)C. The second kappa shape index (κ2) is 9.78. The first kappa shape index (κ1) is 24.1. The Balaban J connectivity index is 2.67. The molecule has 0 aromatic heterocycles. The fourth-order valence-corrected chi connectivity index (χ4v) is 10.2. The van der Waals surface area contributed by atoms with E-state index in [0.29, 0.717) is 20.0 Å². The van der Waals surface area contributed by atoms with Crippen molar-refractivity contribution in [2.45, 2.75) is 46.0 Å². The molecule has 3 nitrogen and oxygen atoms in total. The van der Waals surface area contributed by atoms with E-state index in [-0.39, 0.29) is 11.8 Å². The van der Waals surface area contributed by atoms with E-state index < -0.39 is 35.9 Å². The number of hydrogen-bond donors (Lipinski definition) is 0. The summed E-state index contributed by atoms with van der Waals surface area (Å²) in [6.07, 6.45) is 1.26. The van der Waals surface area contributed by atoms with Crippen molar-refractivity contribution in [3.05, 3.63) is 66.8 Å². The molecule has 8 heteroatoms. The Labute approximate surface area is 178 Å². The van der Waals surface area contributed by atoms with Crippen LogP contribution in [0.1, 0.15) is 38.8 Å². The summed E-state index contributed by atoms with van der Waals surface area (Å²) in [5, 5.41) is 0. The average Bonchev–Trinajstić information content (AvgIpc) is 2.59. The van der Waals surface area contributed by atoms with Crippen molar-refractivity contribution in [1.82, 2.24) is 0 Å². The van der Waals surface area contributed by atoms with Gasteiger partial charge in [0.25, 0.3) is 0 Å². The standard InChI is InChI=1S/C21H26F3IO3S/c1-15(2)13-17-9-5-7-11-19(17)25(28-29(26,27)21(22,23)24)20-12-8-6-10-18(20)14-16(3)4/h5-12,15-16H,13-14H2,1-4H3. The van der Waals surface area contributed by atoms with E-state index >= 15 is 0 Å². The maximum atomic E-state index is 13.2. The van der Waals surface area contributed by atoms with Crippen molar-refractivity contribution in [3.8, 4) is 0 Å². The summed E-state index contributed by atoms with van der Waals surface area (Å²) in [4.78, 5) is 0. The van der Waals surface area contributed by atoms with Gasteiger partial charge in [0.2, 0.25) is 0 Å². The number of rotatable bonds is 8. The van der Waals surface area contributed by atoms with E-state index in [1.807, 2.05) is 52.0 Å². The van der Waals surface area contributed by atoms with E-state index in [9.17, 15) is 21.6 Å². The molecule has 162 valence electrons. The van der Waals surface area contributed by atoms with Gasteiger partial charge in [-0.3, -0.25) is 0 Å². The van der Waals surface area contributed by atoms with Gasteiger partial charge in [-0.2, -0.15) is 0 Å². The number of benzene rings is 2. The third-order valence-electron chi connectivity index (χ3n) is 3.97. The first-order valence-corrected chi connectivity index (χ1v) is 13.7. The quantitative estimate of drug-likeness (QED) is 0.286. The zero-order valence-electron chi connectivity index (χ0n) is 16.8. The van der Waals surface area contributed by atoms with Crippen LogP contribution >= 0.6 is 20.2 Å². The van der Waals surface area contributed by atoms with Gasteiger partial charge in [0.15, 0.2) is 0 Å². The van der Waals surface area contributed by atoms with Crippen LogP contribution in [0.25, 0.3) is 0 Å². The van der Waals surface area contributed by atoms with Crippen molar-refractivity contribution in [2.24, 2.45) is 11.8 Å². The molecule has 0 radical (unpaired) electrons. The van der Waals surface area contributed by atoms with Crippen LogP contribution in [0.4, 0.5) is 13.2 Å². The van der Waals surface area contributed by atoms with Gasteiger partial charge in [-0.1, -0.05) is 0 Å². The first-order valence-electron chi connectivity index (χ1n) is 9.29. The molecule has 29 heavy (non-hydrogen) atoms. The average molecular weight is 542 g/mol. The molecule has 0 bridgehead atoms. The van der Waals surface area contributed by atoms with E-state index in [1.165, 1.54) is 0 Å². The van der Waals surface area contributed by atoms with Crippen LogP contribution in [-0.2, 0) is 25.5 Å². The van der Waals surface area contributed by atoms with E-state index in [0.717, 1.165) is 11.1 Å². The van der Waals surface area contributed by atoms with Crippen LogP contribution in [0.5, 0.6) is 0 Å². The molecule has 0 aliphatic carbocycles. The van der Waals surface area contributed by atoms with E-state index in [4.69, 9.17) is 2.51 Å². The molecule has 0 spiro atoms. The van der Waals surface area contributed by atoms with Crippen molar-refractivity contribution < 1.29 is 24.1 Å². The van der Waals surface area contributed by atoms with Gasteiger partial charge in [-0.15, -0.1) is 0 Å². The van der Waals surface area contributed by atoms with Gasteiger partial charge < -0.3 is 0 Å². The van der Waals surface area contributed by atoms with Crippen molar-refractivity contribution in [2.75, 3.05) is 0 Å². The van der Waals surface area contributed by atoms with Gasteiger partial charge in [0.05, 0.1) is 0 Å². The molecule has 0 aliphatic heterocycles. The normalized spacial score (nSPS) is 13.2. The van der Waals surface area contributed by atoms with Crippen molar-refractivity contribution in [3.63, 3.8) is 0 Å². The fraction of sp³-hybridized carbons (Fsp3) is 0.429. The Hall–Kier alpha value is -1.13. The molecule has 0 amide bonds. The van der Waals surface area contributed by atoms with Crippen LogP contribution in [0, 0.1) is 19.0 Å². The Morgan fingerprint density at radius 2 is 1.21 bits per heavy atom. The van der Waals surface area contributed by atoms with Crippen LogP contribution < -0.4 is 0 Å². The molecule has 0 aliphatic rings. The third kappa shape index (κ3) is 6.42. The summed E-state index contributed by atoms with van der Waals surface area (Å²) in [6.45, 7) is 8.04. The Bertz CT molecular complexity index is 871. The number of hydrogen-bond acceptors (Lipinski definition) is 3. The molecule has 2 aromatic carbocycles. The summed E-state index contributed by atoms with van der Waals surface area (Å²) < 4.78 is 69.6. The topological polar surface area (TPSA) is 43.4 Å². The van der Waals surface area contributed by atoms with Crippen LogP contribution in [0.2, 0.25) is 0 Å². The molecule has 0 fully saturated rings. The van der Waals surface area contributed by atoms with Gasteiger partial charge >= 0.3 is 179 Å². The number of halogens is 4. The molecule has 0 N–H and O–H groups in total. The Morgan fingerprint density at radius 3 is 1.55 bits per heavy atom. The summed E-state index contributed by atoms with van der Waals surface area (Å²) in [7, 11) is -5.71. The molecular weight excluding hydrogens is 516 g/mol.